The molecule has 1 aromatic carbocycles. The number of piperazine rings is 1. The van der Waals surface area contributed by atoms with Crippen molar-refractivity contribution < 1.29 is 62.3 Å². The molecule has 3 heterocycles. The third kappa shape index (κ3) is 5.76. The second kappa shape index (κ2) is 13.1. The smallest absolute Gasteiger partial charge is 0.356 e. The van der Waals surface area contributed by atoms with E-state index in [9.17, 15) is 52.8 Å². The number of hydrogen-bond acceptors (Lipinski definition) is 12. The molecule has 0 aliphatic carbocycles. The summed E-state index contributed by atoms with van der Waals surface area (Å²) in [5, 5.41) is 15.9. The minimum Gasteiger partial charge on any atom is -0.614 e. The number of rotatable bonds is 10. The monoisotopic (exact) mass is 692 g/mol. The number of fused-ring (bicyclic) bond motifs is 1. The summed E-state index contributed by atoms with van der Waals surface area (Å²) in [4.78, 5) is 116. The van der Waals surface area contributed by atoms with Crippen LogP contribution in [-0.2, 0) is 49.5 Å². The number of hydrogen-bond donors (Lipinski definition) is 4. The zero-order valence-electron chi connectivity index (χ0n) is 26.3. The average Bonchev–Trinajstić information content (AvgIpc) is 3.16. The van der Waals surface area contributed by atoms with Crippen LogP contribution in [0.25, 0.3) is 0 Å². The zero-order valence-corrected chi connectivity index (χ0v) is 27.1. The largest absolute Gasteiger partial charge is 0.614 e. The van der Waals surface area contributed by atoms with Crippen molar-refractivity contribution in [1.29, 1.82) is 0 Å². The Morgan fingerprint density at radius 2 is 1.69 bits per heavy atom. The molecule has 3 fully saturated rings. The number of urea groups is 1. The van der Waals surface area contributed by atoms with Gasteiger partial charge in [0.2, 0.25) is 17.7 Å². The fourth-order valence-corrected chi connectivity index (χ4v) is 7.76. The van der Waals surface area contributed by atoms with E-state index in [1.54, 1.807) is 6.92 Å². The van der Waals surface area contributed by atoms with E-state index in [0.29, 0.717) is 9.80 Å². The first kappa shape index (κ1) is 35.6. The maximum absolute atomic E-state index is 14.2. The minimum atomic E-state index is -2.70. The summed E-state index contributed by atoms with van der Waals surface area (Å²) in [5.74, 6) is -8.59. The van der Waals surface area contributed by atoms with Gasteiger partial charge in [0.25, 0.3) is 11.6 Å². The molecule has 0 radical (unpaired) electrons. The van der Waals surface area contributed by atoms with Crippen molar-refractivity contribution in [2.45, 2.75) is 62.5 Å². The maximum atomic E-state index is 14.2. The lowest BCUT2D eigenvalue weighted by Gasteiger charge is -2.46. The van der Waals surface area contributed by atoms with Crippen LogP contribution in [0.15, 0.2) is 18.2 Å². The van der Waals surface area contributed by atoms with E-state index in [-0.39, 0.29) is 43.1 Å². The number of nitrogens with one attached hydrogen (secondary N) is 3. The number of carboxylic acids is 1. The molecule has 3 aliphatic rings. The molecule has 0 saturated carbocycles. The van der Waals surface area contributed by atoms with Crippen molar-refractivity contribution in [3.8, 4) is 11.5 Å². The number of carbonyl (C=O) groups is 9. The highest BCUT2D eigenvalue weighted by Gasteiger charge is 2.81. The molecular formula is C28H32N6O13S. The number of likely N-dealkylation sites (N-methyl/N-ethyl adjacent to an activating group) is 1. The topological polar surface area (TPSA) is 261 Å². The third-order valence-electron chi connectivity index (χ3n) is 8.13. The van der Waals surface area contributed by atoms with E-state index < -0.39 is 86.6 Å². The van der Waals surface area contributed by atoms with E-state index in [1.165, 1.54) is 18.7 Å². The van der Waals surface area contributed by atoms with Crippen LogP contribution < -0.4 is 25.4 Å². The molecule has 48 heavy (non-hydrogen) atoms. The molecule has 258 valence electrons. The van der Waals surface area contributed by atoms with E-state index in [4.69, 9.17) is 9.47 Å². The predicted molar refractivity (Wildman–Crippen MR) is 159 cm³/mol. The van der Waals surface area contributed by atoms with Crippen LogP contribution in [0, 0.1) is 0 Å². The number of imide groups is 1. The average molecular weight is 693 g/mol. The predicted octanol–water partition coefficient (Wildman–Crippen LogP) is -2.30. The Morgan fingerprint density at radius 3 is 2.25 bits per heavy atom. The highest BCUT2D eigenvalue weighted by Crippen LogP contribution is 2.51. The van der Waals surface area contributed by atoms with Gasteiger partial charge in [-0.05, 0) is 49.6 Å². The lowest BCUT2D eigenvalue weighted by molar-refractivity contribution is -0.176. The maximum Gasteiger partial charge on any atom is 0.356 e. The summed E-state index contributed by atoms with van der Waals surface area (Å²) < 4.78 is 21.8. The Kier molecular flexibility index (Phi) is 9.72. The fraction of sp³-hybridized carbons (Fsp3) is 0.464. The van der Waals surface area contributed by atoms with Crippen molar-refractivity contribution in [3.63, 3.8) is 0 Å². The first-order valence-corrected chi connectivity index (χ1v) is 15.6. The minimum absolute atomic E-state index is 0.0182. The van der Waals surface area contributed by atoms with Crippen LogP contribution in [0.4, 0.5) is 4.79 Å². The van der Waals surface area contributed by atoms with Crippen molar-refractivity contribution in [2.24, 2.45) is 0 Å². The number of carboxylic acid groups (broad SMARTS) is 1. The number of amides is 7. The van der Waals surface area contributed by atoms with Gasteiger partial charge in [0, 0.05) is 33.5 Å². The molecule has 4 rings (SSSR count). The van der Waals surface area contributed by atoms with Crippen LogP contribution in [0.5, 0.6) is 11.5 Å². The molecule has 20 heteroatoms. The van der Waals surface area contributed by atoms with E-state index >= 15 is 0 Å². The molecule has 4 N–H and O–H groups in total. The number of ether oxygens (including phenoxy) is 2. The number of carbonyl (C=O) groups excluding carboxylic acids is 8. The van der Waals surface area contributed by atoms with Crippen LogP contribution in [0.2, 0.25) is 0 Å². The Balaban J connectivity index is 1.79. The van der Waals surface area contributed by atoms with Gasteiger partial charge in [-0.15, -0.1) is 0 Å². The van der Waals surface area contributed by atoms with E-state index in [1.807, 2.05) is 0 Å². The molecule has 7 amide bonds. The number of aliphatic carboxylic acids is 1. The van der Waals surface area contributed by atoms with Crippen molar-refractivity contribution in [2.75, 3.05) is 19.6 Å². The van der Waals surface area contributed by atoms with Crippen LogP contribution >= 0.6 is 0 Å². The van der Waals surface area contributed by atoms with Crippen molar-refractivity contribution in [3.05, 3.63) is 23.8 Å². The van der Waals surface area contributed by atoms with E-state index in [2.05, 4.69) is 16.0 Å². The van der Waals surface area contributed by atoms with Gasteiger partial charge in [-0.2, -0.15) is 0 Å². The Labute approximate surface area is 275 Å². The summed E-state index contributed by atoms with van der Waals surface area (Å²) in [6, 6.07) is -1.23. The summed E-state index contributed by atoms with van der Waals surface area (Å²) in [6.07, 6.45) is 0.182. The first-order valence-electron chi connectivity index (χ1n) is 14.4. The molecule has 3 aliphatic heterocycles. The summed E-state index contributed by atoms with van der Waals surface area (Å²) >= 11 is -2.18. The molecule has 0 spiro atoms. The van der Waals surface area contributed by atoms with Gasteiger partial charge in [0.05, 0.1) is 0 Å². The van der Waals surface area contributed by atoms with Crippen LogP contribution in [0.3, 0.4) is 0 Å². The second-order valence-electron chi connectivity index (χ2n) is 11.3. The highest BCUT2D eigenvalue weighted by atomic mass is 32.2. The summed E-state index contributed by atoms with van der Waals surface area (Å²) in [5.41, 5.74) is -2.90. The number of β-lactam (4-membered cyclic amide) rings is 1. The Bertz CT molecular complexity index is 1620. The van der Waals surface area contributed by atoms with Gasteiger partial charge in [0.1, 0.15) is 6.04 Å². The first-order chi connectivity index (χ1) is 22.4. The Hall–Kier alpha value is -5.24. The summed E-state index contributed by atoms with van der Waals surface area (Å²) in [7, 11) is 0. The van der Waals surface area contributed by atoms with Gasteiger partial charge in [-0.1, -0.05) is 6.07 Å². The number of esters is 2. The fourth-order valence-electron chi connectivity index (χ4n) is 5.73. The van der Waals surface area contributed by atoms with Gasteiger partial charge in [0.15, 0.2) is 22.3 Å². The number of nitrogens with zero attached hydrogens (tertiary/aromatic N) is 3. The lowest BCUT2D eigenvalue weighted by Crippen LogP contribution is -2.80. The highest BCUT2D eigenvalue weighted by molar-refractivity contribution is 7.94. The van der Waals surface area contributed by atoms with Gasteiger partial charge in [-0.25, -0.2) is 9.59 Å². The Morgan fingerprint density at radius 1 is 1.06 bits per heavy atom. The molecule has 19 nitrogen and oxygen atoms in total. The molecule has 2 unspecified atom stereocenters. The second-order valence-corrected chi connectivity index (χ2v) is 13.4. The quantitative estimate of drug-likeness (QED) is 0.0503. The molecule has 0 bridgehead atoms. The standard InChI is InChI=1S/C28H32N6O13S/c1-6-32-9-10-33(23(41)22(32)40)26(44)30-18(15-7-8-16(46-13(2)36)17(11-15)47-14(3)37)20(38)31-28(25(42)43)27(4,5)48(45)24-19(29-12-35)21(39)34(24)28/h7-8,11-12,18-19,24H,6,9-10H2,1-5H3,(H,29,35)(H,30,44)(H,31,38)(H,42,43)/t18?,19-,24+,28-,48?/m0/s1. The van der Waals surface area contributed by atoms with Gasteiger partial charge < -0.3 is 40.0 Å². The lowest BCUT2D eigenvalue weighted by atomic mass is 9.88. The molecule has 3 saturated heterocycles. The molecular weight excluding hydrogens is 660 g/mol. The van der Waals surface area contributed by atoms with Crippen molar-refractivity contribution >= 4 is 65.2 Å². The SMILES string of the molecule is CCN1CCN(C(=O)NC(C(=O)N[C@@]2(C(=O)O)N3C(=O)[C@H](NC=O)[C@H]3[S+]([O-])C2(C)C)c2ccc(OC(C)=O)c(OC(C)=O)c2)C(=O)C1=O. The number of benzene rings is 1. The molecule has 0 aromatic heterocycles. The normalized spacial score (nSPS) is 24.9. The molecule has 5 atom stereocenters. The van der Waals surface area contributed by atoms with Crippen LogP contribution in [-0.4, -0.2) is 120 Å². The third-order valence-corrected chi connectivity index (χ3v) is 10.4. The van der Waals surface area contributed by atoms with Crippen molar-refractivity contribution in [1.82, 2.24) is 30.7 Å². The summed E-state index contributed by atoms with van der Waals surface area (Å²) in [6.45, 7) is 6.07. The zero-order chi connectivity index (χ0) is 35.9. The van der Waals surface area contributed by atoms with E-state index in [0.717, 1.165) is 32.0 Å². The van der Waals surface area contributed by atoms with Gasteiger partial charge >= 0.3 is 35.8 Å². The molecule has 1 aromatic rings. The van der Waals surface area contributed by atoms with Crippen LogP contribution in [0.1, 0.15) is 46.2 Å². The van der Waals surface area contributed by atoms with Gasteiger partial charge in [-0.3, -0.25) is 43.4 Å².